The minimum atomic E-state index is 0.498. The average molecular weight is 304 g/mol. The van der Waals surface area contributed by atoms with E-state index in [-0.39, 0.29) is 0 Å². The maximum Gasteiger partial charge on any atom is 0.225 e. The Morgan fingerprint density at radius 1 is 1.19 bits per heavy atom. The van der Waals surface area contributed by atoms with Crippen molar-refractivity contribution in [2.75, 3.05) is 0 Å². The maximum atomic E-state index is 6.23. The van der Waals surface area contributed by atoms with Crippen LogP contribution in [0.2, 0.25) is 5.28 Å². The lowest BCUT2D eigenvalue weighted by Crippen LogP contribution is -2.15. The molecule has 2 aromatic rings. The first-order valence-electron chi connectivity index (χ1n) is 7.88. The van der Waals surface area contributed by atoms with E-state index in [1.165, 1.54) is 32.1 Å². The van der Waals surface area contributed by atoms with Gasteiger partial charge in [0.05, 0.1) is 0 Å². The highest BCUT2D eigenvalue weighted by molar-refractivity contribution is 6.28. The van der Waals surface area contributed by atoms with Crippen molar-refractivity contribution in [2.45, 2.75) is 45.6 Å². The molecule has 1 aliphatic rings. The van der Waals surface area contributed by atoms with Crippen LogP contribution in [-0.2, 0) is 6.54 Å². The Labute approximate surface area is 131 Å². The molecule has 0 saturated heterocycles. The molecule has 0 bridgehead atoms. The van der Waals surface area contributed by atoms with E-state index in [4.69, 9.17) is 11.6 Å². The first-order valence-corrected chi connectivity index (χ1v) is 8.26. The number of hydrogen-bond donors (Lipinski definition) is 0. The molecule has 21 heavy (non-hydrogen) atoms. The van der Waals surface area contributed by atoms with E-state index in [9.17, 15) is 0 Å². The van der Waals surface area contributed by atoms with Crippen molar-refractivity contribution in [3.05, 3.63) is 35.6 Å². The minimum absolute atomic E-state index is 0.498. The van der Waals surface area contributed by atoms with Gasteiger partial charge >= 0.3 is 0 Å². The molecule has 3 nitrogen and oxygen atoms in total. The van der Waals surface area contributed by atoms with Crippen molar-refractivity contribution in [3.8, 4) is 11.4 Å². The van der Waals surface area contributed by atoms with Crippen molar-refractivity contribution in [2.24, 2.45) is 11.8 Å². The van der Waals surface area contributed by atoms with Crippen LogP contribution < -0.4 is 0 Å². The first-order chi connectivity index (χ1) is 10.2. The second-order valence-corrected chi connectivity index (χ2v) is 6.57. The zero-order valence-electron chi connectivity index (χ0n) is 12.5. The zero-order chi connectivity index (χ0) is 14.7. The molecule has 1 heterocycles. The smallest absolute Gasteiger partial charge is 0.225 e. The quantitative estimate of drug-likeness (QED) is 0.811. The van der Waals surface area contributed by atoms with Crippen LogP contribution in [0.4, 0.5) is 0 Å². The van der Waals surface area contributed by atoms with Gasteiger partial charge in [-0.25, -0.2) is 0 Å². The number of benzene rings is 1. The lowest BCUT2D eigenvalue weighted by Gasteiger charge is -2.26. The SMILES string of the molecule is CC1CCCC(CCn2c(Cl)nnc2-c2ccccc2)C1. The van der Waals surface area contributed by atoms with Gasteiger partial charge in [-0.1, -0.05) is 56.5 Å². The summed E-state index contributed by atoms with van der Waals surface area (Å²) in [5.41, 5.74) is 1.08. The molecule has 0 N–H and O–H groups in total. The third kappa shape index (κ3) is 3.46. The zero-order valence-corrected chi connectivity index (χ0v) is 13.3. The van der Waals surface area contributed by atoms with Gasteiger partial charge in [0.2, 0.25) is 5.28 Å². The van der Waals surface area contributed by atoms with Crippen molar-refractivity contribution >= 4 is 11.6 Å². The lowest BCUT2D eigenvalue weighted by molar-refractivity contribution is 0.261. The third-order valence-electron chi connectivity index (χ3n) is 4.54. The van der Waals surface area contributed by atoms with Crippen LogP contribution in [0.25, 0.3) is 11.4 Å². The van der Waals surface area contributed by atoms with Crippen LogP contribution in [0.5, 0.6) is 0 Å². The van der Waals surface area contributed by atoms with Gasteiger partial charge in [0.15, 0.2) is 5.82 Å². The lowest BCUT2D eigenvalue weighted by atomic mass is 9.81. The Morgan fingerprint density at radius 2 is 2.00 bits per heavy atom. The minimum Gasteiger partial charge on any atom is -0.298 e. The van der Waals surface area contributed by atoms with E-state index in [1.54, 1.807) is 0 Å². The van der Waals surface area contributed by atoms with Crippen molar-refractivity contribution in [1.29, 1.82) is 0 Å². The summed E-state index contributed by atoms with van der Waals surface area (Å²) < 4.78 is 2.05. The highest BCUT2D eigenvalue weighted by Gasteiger charge is 2.20. The standard InChI is InChI=1S/C17H22ClN3/c1-13-6-5-7-14(12-13)10-11-21-16(19-20-17(21)18)15-8-3-2-4-9-15/h2-4,8-9,13-14H,5-7,10-12H2,1H3. The summed E-state index contributed by atoms with van der Waals surface area (Å²) in [5.74, 6) is 2.56. The van der Waals surface area contributed by atoms with Gasteiger partial charge < -0.3 is 0 Å². The fourth-order valence-corrected chi connectivity index (χ4v) is 3.62. The average Bonchev–Trinajstić information content (AvgIpc) is 2.87. The molecule has 1 aromatic heterocycles. The van der Waals surface area contributed by atoms with Crippen LogP contribution in [-0.4, -0.2) is 14.8 Å². The Kier molecular flexibility index (Phi) is 4.59. The molecule has 1 aromatic carbocycles. The van der Waals surface area contributed by atoms with Crippen LogP contribution in [0.1, 0.15) is 39.0 Å². The summed E-state index contributed by atoms with van der Waals surface area (Å²) in [6.07, 6.45) is 6.62. The fourth-order valence-electron chi connectivity index (χ4n) is 3.42. The summed E-state index contributed by atoms with van der Waals surface area (Å²) in [5, 5.41) is 8.79. The third-order valence-corrected chi connectivity index (χ3v) is 4.82. The molecule has 112 valence electrons. The van der Waals surface area contributed by atoms with Crippen molar-refractivity contribution < 1.29 is 0 Å². The van der Waals surface area contributed by atoms with Crippen LogP contribution in [0, 0.1) is 11.8 Å². The maximum absolute atomic E-state index is 6.23. The highest BCUT2D eigenvalue weighted by atomic mass is 35.5. The first kappa shape index (κ1) is 14.6. The second-order valence-electron chi connectivity index (χ2n) is 6.24. The van der Waals surface area contributed by atoms with Gasteiger partial charge in [-0.15, -0.1) is 10.2 Å². The van der Waals surface area contributed by atoms with Gasteiger partial charge in [-0.3, -0.25) is 4.57 Å². The molecular weight excluding hydrogens is 282 g/mol. The summed E-state index contributed by atoms with van der Waals surface area (Å²) >= 11 is 6.23. The molecule has 0 amide bonds. The van der Waals surface area contributed by atoms with E-state index in [1.807, 2.05) is 18.2 Å². The molecule has 0 aliphatic heterocycles. The van der Waals surface area contributed by atoms with E-state index in [2.05, 4.69) is 33.8 Å². The Hall–Kier alpha value is -1.35. The molecule has 3 rings (SSSR count). The molecule has 1 fully saturated rings. The number of halogens is 1. The van der Waals surface area contributed by atoms with Gasteiger partial charge in [0.1, 0.15) is 0 Å². The molecule has 1 saturated carbocycles. The number of rotatable bonds is 4. The van der Waals surface area contributed by atoms with Gasteiger partial charge in [-0.2, -0.15) is 0 Å². The molecule has 1 aliphatic carbocycles. The van der Waals surface area contributed by atoms with E-state index in [0.717, 1.165) is 29.8 Å². The van der Waals surface area contributed by atoms with E-state index < -0.39 is 0 Å². The number of nitrogens with zero attached hydrogens (tertiary/aromatic N) is 3. The number of aromatic nitrogens is 3. The Bertz CT molecular complexity index is 579. The van der Waals surface area contributed by atoms with Crippen molar-refractivity contribution in [3.63, 3.8) is 0 Å². The van der Waals surface area contributed by atoms with E-state index >= 15 is 0 Å². The van der Waals surface area contributed by atoms with E-state index in [0.29, 0.717) is 5.28 Å². The molecule has 0 radical (unpaired) electrons. The van der Waals surface area contributed by atoms with Crippen LogP contribution in [0.15, 0.2) is 30.3 Å². The largest absolute Gasteiger partial charge is 0.298 e. The normalized spacial score (nSPS) is 22.4. The van der Waals surface area contributed by atoms with Gasteiger partial charge in [0, 0.05) is 12.1 Å². The molecule has 2 unspecified atom stereocenters. The van der Waals surface area contributed by atoms with Gasteiger partial charge in [-0.05, 0) is 36.3 Å². The summed E-state index contributed by atoms with van der Waals surface area (Å²) in [4.78, 5) is 0. The highest BCUT2D eigenvalue weighted by Crippen LogP contribution is 2.32. The predicted molar refractivity (Wildman–Crippen MR) is 86.2 cm³/mol. The Balaban J connectivity index is 1.72. The van der Waals surface area contributed by atoms with Crippen LogP contribution >= 0.6 is 11.6 Å². The fraction of sp³-hybridized carbons (Fsp3) is 0.529. The molecule has 2 atom stereocenters. The Morgan fingerprint density at radius 3 is 2.76 bits per heavy atom. The molecule has 0 spiro atoms. The monoisotopic (exact) mass is 303 g/mol. The molecule has 4 heteroatoms. The van der Waals surface area contributed by atoms with Gasteiger partial charge in [0.25, 0.3) is 0 Å². The summed E-state index contributed by atoms with van der Waals surface area (Å²) in [6.45, 7) is 3.28. The van der Waals surface area contributed by atoms with Crippen LogP contribution in [0.3, 0.4) is 0 Å². The number of hydrogen-bond acceptors (Lipinski definition) is 2. The molecular formula is C17H22ClN3. The predicted octanol–water partition coefficient (Wildman–Crippen LogP) is 4.81. The topological polar surface area (TPSA) is 30.7 Å². The summed E-state index contributed by atoms with van der Waals surface area (Å²) in [7, 11) is 0. The summed E-state index contributed by atoms with van der Waals surface area (Å²) in [6, 6.07) is 10.2. The second kappa shape index (κ2) is 6.61. The van der Waals surface area contributed by atoms with Crippen molar-refractivity contribution in [1.82, 2.24) is 14.8 Å².